The minimum absolute atomic E-state index is 0.0741. The number of pyridine rings is 1. The zero-order valence-electron chi connectivity index (χ0n) is 13.0. The summed E-state index contributed by atoms with van der Waals surface area (Å²) in [5.41, 5.74) is 6.32. The number of amides is 1. The van der Waals surface area contributed by atoms with E-state index in [9.17, 15) is 4.79 Å². The van der Waals surface area contributed by atoms with Crippen LogP contribution in [0.4, 0.5) is 5.82 Å². The lowest BCUT2D eigenvalue weighted by Gasteiger charge is -2.21. The van der Waals surface area contributed by atoms with E-state index in [1.54, 1.807) is 6.20 Å². The second kappa shape index (κ2) is 7.41. The molecule has 1 aliphatic carbocycles. The fraction of sp³-hybridized carbons (Fsp3) is 0.625. The molecule has 1 amide bonds. The molecule has 5 heteroatoms. The minimum atomic E-state index is -0.0741. The summed E-state index contributed by atoms with van der Waals surface area (Å²) in [6.45, 7) is 6.66. The van der Waals surface area contributed by atoms with E-state index in [0.717, 1.165) is 25.3 Å². The number of hydrogen-bond acceptors (Lipinski definition) is 4. The SMILES string of the molecule is CCCN(CC)c1ccc(C(=O)NC(CN)C2CC2)cn1. The van der Waals surface area contributed by atoms with Crippen LogP contribution in [0, 0.1) is 5.92 Å². The summed E-state index contributed by atoms with van der Waals surface area (Å²) in [4.78, 5) is 18.8. The van der Waals surface area contributed by atoms with Gasteiger partial charge in [-0.2, -0.15) is 0 Å². The van der Waals surface area contributed by atoms with Crippen LogP contribution >= 0.6 is 0 Å². The molecule has 0 aliphatic heterocycles. The van der Waals surface area contributed by atoms with Crippen LogP contribution in [0.1, 0.15) is 43.5 Å². The van der Waals surface area contributed by atoms with Gasteiger partial charge in [-0.3, -0.25) is 4.79 Å². The molecule has 0 bridgehead atoms. The fourth-order valence-corrected chi connectivity index (χ4v) is 2.53. The highest BCUT2D eigenvalue weighted by molar-refractivity contribution is 5.94. The first-order valence-electron chi connectivity index (χ1n) is 7.91. The number of aromatic nitrogens is 1. The number of carbonyl (C=O) groups excluding carboxylic acids is 1. The van der Waals surface area contributed by atoms with Crippen molar-refractivity contribution in [1.29, 1.82) is 0 Å². The Labute approximate surface area is 126 Å². The highest BCUT2D eigenvalue weighted by Crippen LogP contribution is 2.32. The van der Waals surface area contributed by atoms with Gasteiger partial charge >= 0.3 is 0 Å². The number of nitrogens with two attached hydrogens (primary N) is 1. The van der Waals surface area contributed by atoms with Crippen molar-refractivity contribution in [1.82, 2.24) is 10.3 Å². The van der Waals surface area contributed by atoms with Gasteiger partial charge in [-0.25, -0.2) is 4.98 Å². The average Bonchev–Trinajstić information content (AvgIpc) is 3.35. The molecule has 1 saturated carbocycles. The van der Waals surface area contributed by atoms with Crippen molar-refractivity contribution < 1.29 is 4.79 Å². The Hall–Kier alpha value is -1.62. The van der Waals surface area contributed by atoms with Gasteiger partial charge in [0.05, 0.1) is 5.56 Å². The summed E-state index contributed by atoms with van der Waals surface area (Å²) in [6.07, 6.45) is 5.07. The monoisotopic (exact) mass is 290 g/mol. The Morgan fingerprint density at radius 2 is 2.24 bits per heavy atom. The Balaban J connectivity index is 1.98. The molecule has 0 aromatic carbocycles. The first-order chi connectivity index (χ1) is 10.2. The number of rotatable bonds is 8. The minimum Gasteiger partial charge on any atom is -0.357 e. The third-order valence-electron chi connectivity index (χ3n) is 3.97. The number of anilines is 1. The summed E-state index contributed by atoms with van der Waals surface area (Å²) in [6, 6.07) is 3.86. The lowest BCUT2D eigenvalue weighted by Crippen LogP contribution is -2.41. The van der Waals surface area contributed by atoms with E-state index in [1.165, 1.54) is 12.8 Å². The Bertz CT molecular complexity index is 456. The van der Waals surface area contributed by atoms with Crippen molar-refractivity contribution in [2.24, 2.45) is 11.7 Å². The maximum atomic E-state index is 12.2. The van der Waals surface area contributed by atoms with E-state index in [1.807, 2.05) is 12.1 Å². The van der Waals surface area contributed by atoms with Gasteiger partial charge in [0.15, 0.2) is 0 Å². The van der Waals surface area contributed by atoms with E-state index in [-0.39, 0.29) is 11.9 Å². The van der Waals surface area contributed by atoms with Gasteiger partial charge in [0.1, 0.15) is 5.82 Å². The number of carbonyl (C=O) groups is 1. The number of nitrogens with one attached hydrogen (secondary N) is 1. The molecule has 5 nitrogen and oxygen atoms in total. The molecule has 0 saturated heterocycles. The molecule has 3 N–H and O–H groups in total. The van der Waals surface area contributed by atoms with Crippen LogP contribution in [0.2, 0.25) is 0 Å². The van der Waals surface area contributed by atoms with Gasteiger partial charge in [-0.05, 0) is 44.2 Å². The van der Waals surface area contributed by atoms with Crippen molar-refractivity contribution in [3.8, 4) is 0 Å². The van der Waals surface area contributed by atoms with E-state index < -0.39 is 0 Å². The Morgan fingerprint density at radius 1 is 1.48 bits per heavy atom. The molecular weight excluding hydrogens is 264 g/mol. The number of hydrogen-bond donors (Lipinski definition) is 2. The molecule has 1 aliphatic rings. The van der Waals surface area contributed by atoms with Crippen LogP contribution in [-0.4, -0.2) is 36.6 Å². The zero-order chi connectivity index (χ0) is 15.2. The van der Waals surface area contributed by atoms with Crippen LogP contribution in [0.3, 0.4) is 0 Å². The van der Waals surface area contributed by atoms with Gasteiger partial charge in [0.2, 0.25) is 0 Å². The van der Waals surface area contributed by atoms with Crippen molar-refractivity contribution >= 4 is 11.7 Å². The largest absolute Gasteiger partial charge is 0.357 e. The van der Waals surface area contributed by atoms with Gasteiger partial charge < -0.3 is 16.0 Å². The summed E-state index contributed by atoms with van der Waals surface area (Å²) < 4.78 is 0. The molecule has 2 rings (SSSR count). The fourth-order valence-electron chi connectivity index (χ4n) is 2.53. The highest BCUT2D eigenvalue weighted by Gasteiger charge is 2.31. The smallest absolute Gasteiger partial charge is 0.253 e. The molecule has 1 atom stereocenters. The van der Waals surface area contributed by atoms with Crippen LogP contribution < -0.4 is 16.0 Å². The molecule has 0 spiro atoms. The van der Waals surface area contributed by atoms with Crippen LogP contribution in [0.15, 0.2) is 18.3 Å². The Kier molecular flexibility index (Phi) is 5.56. The summed E-state index contributed by atoms with van der Waals surface area (Å²) in [5.74, 6) is 1.41. The lowest BCUT2D eigenvalue weighted by molar-refractivity contribution is 0.0933. The predicted octanol–water partition coefficient (Wildman–Crippen LogP) is 1.78. The second-order valence-electron chi connectivity index (χ2n) is 5.64. The van der Waals surface area contributed by atoms with Gasteiger partial charge in [-0.1, -0.05) is 6.92 Å². The average molecular weight is 290 g/mol. The third kappa shape index (κ3) is 4.17. The first-order valence-corrected chi connectivity index (χ1v) is 7.91. The zero-order valence-corrected chi connectivity index (χ0v) is 13.0. The topological polar surface area (TPSA) is 71.2 Å². The predicted molar refractivity (Wildman–Crippen MR) is 85.4 cm³/mol. The molecule has 116 valence electrons. The third-order valence-corrected chi connectivity index (χ3v) is 3.97. The molecule has 1 unspecified atom stereocenters. The lowest BCUT2D eigenvalue weighted by atomic mass is 10.1. The van der Waals surface area contributed by atoms with Crippen LogP contribution in [0.5, 0.6) is 0 Å². The molecule has 1 heterocycles. The molecule has 0 radical (unpaired) electrons. The number of nitrogens with zero attached hydrogens (tertiary/aromatic N) is 2. The normalized spacial score (nSPS) is 15.6. The summed E-state index contributed by atoms with van der Waals surface area (Å²) in [5, 5.41) is 3.02. The first kappa shape index (κ1) is 15.8. The quantitative estimate of drug-likeness (QED) is 0.765. The Morgan fingerprint density at radius 3 is 2.71 bits per heavy atom. The van der Waals surface area contributed by atoms with Crippen molar-refractivity contribution in [3.05, 3.63) is 23.9 Å². The maximum absolute atomic E-state index is 12.2. The maximum Gasteiger partial charge on any atom is 0.253 e. The standard InChI is InChI=1S/C16H26N4O/c1-3-9-20(4-2)15-8-7-13(11-18-15)16(21)19-14(10-17)12-5-6-12/h7-8,11-12,14H,3-6,9-10,17H2,1-2H3,(H,19,21). The molecular formula is C16H26N4O. The van der Waals surface area contributed by atoms with Gasteiger partial charge in [0.25, 0.3) is 5.91 Å². The second-order valence-corrected chi connectivity index (χ2v) is 5.64. The molecule has 21 heavy (non-hydrogen) atoms. The summed E-state index contributed by atoms with van der Waals surface area (Å²) >= 11 is 0. The van der Waals surface area contributed by atoms with Crippen LogP contribution in [-0.2, 0) is 0 Å². The van der Waals surface area contributed by atoms with Gasteiger partial charge in [0, 0.05) is 31.9 Å². The highest BCUT2D eigenvalue weighted by atomic mass is 16.1. The van der Waals surface area contributed by atoms with E-state index in [0.29, 0.717) is 18.0 Å². The van der Waals surface area contributed by atoms with Crippen molar-refractivity contribution in [2.45, 2.75) is 39.2 Å². The van der Waals surface area contributed by atoms with E-state index >= 15 is 0 Å². The molecule has 1 aromatic rings. The molecule has 1 fully saturated rings. The molecule has 1 aromatic heterocycles. The van der Waals surface area contributed by atoms with Crippen molar-refractivity contribution in [3.63, 3.8) is 0 Å². The van der Waals surface area contributed by atoms with E-state index in [2.05, 4.69) is 29.0 Å². The van der Waals surface area contributed by atoms with Crippen molar-refractivity contribution in [2.75, 3.05) is 24.5 Å². The van der Waals surface area contributed by atoms with Gasteiger partial charge in [-0.15, -0.1) is 0 Å². The van der Waals surface area contributed by atoms with Crippen LogP contribution in [0.25, 0.3) is 0 Å². The van der Waals surface area contributed by atoms with E-state index in [4.69, 9.17) is 5.73 Å². The summed E-state index contributed by atoms with van der Waals surface area (Å²) in [7, 11) is 0.